The molecule has 4 nitrogen and oxygen atoms in total. The summed E-state index contributed by atoms with van der Waals surface area (Å²) >= 11 is 4.27. The summed E-state index contributed by atoms with van der Waals surface area (Å²) in [4.78, 5) is 24.5. The molecule has 1 N–H and O–H groups in total. The summed E-state index contributed by atoms with van der Waals surface area (Å²) < 4.78 is 5.25. The van der Waals surface area contributed by atoms with Crippen molar-refractivity contribution in [2.24, 2.45) is 5.92 Å². The Bertz CT molecular complexity index is 676. The van der Waals surface area contributed by atoms with Gasteiger partial charge in [0.05, 0.1) is 5.92 Å². The Hall–Kier alpha value is -2.27. The van der Waals surface area contributed by atoms with Crippen molar-refractivity contribution >= 4 is 24.5 Å². The van der Waals surface area contributed by atoms with Gasteiger partial charge in [-0.1, -0.05) is 60.7 Å². The fourth-order valence-corrected chi connectivity index (χ4v) is 2.68. The summed E-state index contributed by atoms with van der Waals surface area (Å²) in [6.45, 7) is 1.82. The zero-order chi connectivity index (χ0) is 18.1. The van der Waals surface area contributed by atoms with Crippen molar-refractivity contribution in [2.75, 3.05) is 5.75 Å². The van der Waals surface area contributed by atoms with Gasteiger partial charge < -0.3 is 10.1 Å². The van der Waals surface area contributed by atoms with Gasteiger partial charge in [0, 0.05) is 5.75 Å². The van der Waals surface area contributed by atoms with Crippen LogP contribution in [-0.4, -0.2) is 23.7 Å². The van der Waals surface area contributed by atoms with Crippen LogP contribution in [0, 0.1) is 5.92 Å². The summed E-state index contributed by atoms with van der Waals surface area (Å²) in [5.74, 6) is -0.528. The molecule has 132 valence electrons. The summed E-state index contributed by atoms with van der Waals surface area (Å²) in [5.41, 5.74) is 1.97. The van der Waals surface area contributed by atoms with Crippen LogP contribution in [-0.2, 0) is 27.4 Å². The minimum absolute atomic E-state index is 0.192. The molecule has 0 spiro atoms. The summed E-state index contributed by atoms with van der Waals surface area (Å²) in [6.07, 6.45) is 0.585. The highest BCUT2D eigenvalue weighted by atomic mass is 32.1. The van der Waals surface area contributed by atoms with Gasteiger partial charge in [-0.3, -0.25) is 4.79 Å². The molecule has 2 rings (SSSR count). The predicted molar refractivity (Wildman–Crippen MR) is 101 cm³/mol. The molecule has 0 radical (unpaired) electrons. The first kappa shape index (κ1) is 19.1. The van der Waals surface area contributed by atoms with Crippen LogP contribution < -0.4 is 5.32 Å². The van der Waals surface area contributed by atoms with Gasteiger partial charge in [0.1, 0.15) is 12.6 Å². The van der Waals surface area contributed by atoms with Crippen molar-refractivity contribution in [1.29, 1.82) is 0 Å². The summed E-state index contributed by atoms with van der Waals surface area (Å²) in [7, 11) is 0. The molecular weight excluding hydrogens is 334 g/mol. The molecular formula is C20H23NO3S. The van der Waals surface area contributed by atoms with Crippen molar-refractivity contribution in [2.45, 2.75) is 26.0 Å². The molecule has 0 aliphatic rings. The fourth-order valence-electron chi connectivity index (χ4n) is 2.38. The molecule has 0 saturated heterocycles. The number of thiol groups is 1. The van der Waals surface area contributed by atoms with E-state index in [4.69, 9.17) is 4.74 Å². The second kappa shape index (κ2) is 9.89. The molecule has 1 amide bonds. The van der Waals surface area contributed by atoms with Crippen LogP contribution in [0.15, 0.2) is 60.7 Å². The SMILES string of the molecule is C[C@H](NC(=O)C(CS)Cc1ccccc1)C(=O)OCc1ccccc1. The highest BCUT2D eigenvalue weighted by molar-refractivity contribution is 7.80. The van der Waals surface area contributed by atoms with Gasteiger partial charge in [-0.2, -0.15) is 12.6 Å². The van der Waals surface area contributed by atoms with Crippen LogP contribution >= 0.6 is 12.6 Å². The number of nitrogens with one attached hydrogen (secondary N) is 1. The van der Waals surface area contributed by atoms with Gasteiger partial charge in [0.2, 0.25) is 5.91 Å². The van der Waals surface area contributed by atoms with E-state index in [1.54, 1.807) is 6.92 Å². The number of hydrogen-bond acceptors (Lipinski definition) is 4. The molecule has 0 aliphatic carbocycles. The number of carbonyl (C=O) groups is 2. The quantitative estimate of drug-likeness (QED) is 0.564. The molecule has 2 aromatic carbocycles. The highest BCUT2D eigenvalue weighted by Crippen LogP contribution is 2.11. The average Bonchev–Trinajstić information content (AvgIpc) is 2.65. The van der Waals surface area contributed by atoms with Gasteiger partial charge in [-0.25, -0.2) is 4.79 Å². The minimum Gasteiger partial charge on any atom is -0.459 e. The van der Waals surface area contributed by atoms with Crippen LogP contribution in [0.4, 0.5) is 0 Å². The molecule has 0 aliphatic heterocycles. The van der Waals surface area contributed by atoms with E-state index >= 15 is 0 Å². The van der Waals surface area contributed by atoms with E-state index < -0.39 is 12.0 Å². The first-order chi connectivity index (χ1) is 12.1. The van der Waals surface area contributed by atoms with Crippen molar-refractivity contribution < 1.29 is 14.3 Å². The monoisotopic (exact) mass is 357 g/mol. The first-order valence-electron chi connectivity index (χ1n) is 8.26. The largest absolute Gasteiger partial charge is 0.459 e. The number of benzene rings is 2. The molecule has 5 heteroatoms. The van der Waals surface area contributed by atoms with Crippen molar-refractivity contribution in [1.82, 2.24) is 5.32 Å². The maximum atomic E-state index is 12.4. The van der Waals surface area contributed by atoms with E-state index in [0.717, 1.165) is 11.1 Å². The molecule has 1 unspecified atom stereocenters. The van der Waals surface area contributed by atoms with Crippen molar-refractivity contribution in [3.63, 3.8) is 0 Å². The number of hydrogen-bond donors (Lipinski definition) is 2. The maximum Gasteiger partial charge on any atom is 0.328 e. The number of carbonyl (C=O) groups excluding carboxylic acids is 2. The zero-order valence-corrected chi connectivity index (χ0v) is 15.1. The lowest BCUT2D eigenvalue weighted by molar-refractivity contribution is -0.148. The van der Waals surface area contributed by atoms with E-state index in [1.165, 1.54) is 0 Å². The third-order valence-corrected chi connectivity index (χ3v) is 4.29. The van der Waals surface area contributed by atoms with Crippen LogP contribution in [0.3, 0.4) is 0 Å². The Morgan fingerprint density at radius 2 is 1.56 bits per heavy atom. The molecule has 2 aromatic rings. The Labute approximate surface area is 154 Å². The van der Waals surface area contributed by atoms with E-state index in [0.29, 0.717) is 12.2 Å². The molecule has 0 aromatic heterocycles. The van der Waals surface area contributed by atoms with E-state index in [-0.39, 0.29) is 18.4 Å². The molecule has 0 bridgehead atoms. The highest BCUT2D eigenvalue weighted by Gasteiger charge is 2.23. The van der Waals surface area contributed by atoms with Gasteiger partial charge >= 0.3 is 5.97 Å². The standard InChI is InChI=1S/C20H23NO3S/c1-15(20(23)24-13-17-10-6-3-7-11-17)21-19(22)18(14-25)12-16-8-4-2-5-9-16/h2-11,15,18,25H,12-14H2,1H3,(H,21,22)/t15-,18?/m0/s1. The maximum absolute atomic E-state index is 12.4. The lowest BCUT2D eigenvalue weighted by Crippen LogP contribution is -2.43. The zero-order valence-electron chi connectivity index (χ0n) is 14.2. The van der Waals surface area contributed by atoms with Crippen LogP contribution in [0.25, 0.3) is 0 Å². The number of amides is 1. The van der Waals surface area contributed by atoms with Gasteiger partial charge in [0.25, 0.3) is 0 Å². The normalized spacial score (nSPS) is 12.9. The Balaban J connectivity index is 1.83. The lowest BCUT2D eigenvalue weighted by atomic mass is 10.00. The number of rotatable bonds is 8. The third kappa shape index (κ3) is 6.27. The molecule has 25 heavy (non-hydrogen) atoms. The number of ether oxygens (including phenoxy) is 1. The summed E-state index contributed by atoms with van der Waals surface area (Å²) in [5, 5.41) is 2.72. The smallest absolute Gasteiger partial charge is 0.328 e. The lowest BCUT2D eigenvalue weighted by Gasteiger charge is -2.18. The van der Waals surface area contributed by atoms with E-state index in [9.17, 15) is 9.59 Å². The molecule has 0 fully saturated rings. The van der Waals surface area contributed by atoms with Gasteiger partial charge in [-0.05, 0) is 24.5 Å². The first-order valence-corrected chi connectivity index (χ1v) is 8.89. The third-order valence-electron chi connectivity index (χ3n) is 3.85. The van der Waals surface area contributed by atoms with Crippen LogP contribution in [0.1, 0.15) is 18.1 Å². The Morgan fingerprint density at radius 3 is 2.12 bits per heavy atom. The van der Waals surface area contributed by atoms with Gasteiger partial charge in [-0.15, -0.1) is 0 Å². The minimum atomic E-state index is -0.700. The van der Waals surface area contributed by atoms with E-state index in [1.807, 2.05) is 60.7 Å². The Morgan fingerprint density at radius 1 is 1.00 bits per heavy atom. The molecule has 2 atom stereocenters. The second-order valence-electron chi connectivity index (χ2n) is 5.89. The van der Waals surface area contributed by atoms with Crippen LogP contribution in [0.5, 0.6) is 0 Å². The predicted octanol–water partition coefficient (Wildman–Crippen LogP) is 3.02. The Kier molecular flexibility index (Phi) is 7.54. The van der Waals surface area contributed by atoms with E-state index in [2.05, 4.69) is 17.9 Å². The van der Waals surface area contributed by atoms with Crippen molar-refractivity contribution in [3.05, 3.63) is 71.8 Å². The summed E-state index contributed by atoms with van der Waals surface area (Å²) in [6, 6.07) is 18.5. The molecule has 0 saturated carbocycles. The topological polar surface area (TPSA) is 55.4 Å². The fraction of sp³-hybridized carbons (Fsp3) is 0.300. The van der Waals surface area contributed by atoms with Crippen LogP contribution in [0.2, 0.25) is 0 Å². The second-order valence-corrected chi connectivity index (χ2v) is 6.26. The average molecular weight is 357 g/mol. The van der Waals surface area contributed by atoms with Crippen molar-refractivity contribution in [3.8, 4) is 0 Å². The van der Waals surface area contributed by atoms with Gasteiger partial charge in [0.15, 0.2) is 0 Å². The number of esters is 1. The molecule has 0 heterocycles.